The van der Waals surface area contributed by atoms with Gasteiger partial charge in [-0.3, -0.25) is 4.79 Å². The number of rotatable bonds is 6. The molecule has 4 fully saturated rings. The Morgan fingerprint density at radius 2 is 1.75 bits per heavy atom. The van der Waals surface area contributed by atoms with Gasteiger partial charge in [0.1, 0.15) is 11.4 Å². The molecule has 1 heterocycles. The quantitative estimate of drug-likeness (QED) is 0.707. The molecule has 148 valence electrons. The third kappa shape index (κ3) is 3.71. The van der Waals surface area contributed by atoms with Crippen LogP contribution < -0.4 is 10.1 Å². The molecule has 5 nitrogen and oxygen atoms in total. The van der Waals surface area contributed by atoms with E-state index in [9.17, 15) is 4.79 Å². The third-order valence-electron chi connectivity index (χ3n) is 6.84. The summed E-state index contributed by atoms with van der Waals surface area (Å²) < 4.78 is 8.38. The number of hydrogen-bond acceptors (Lipinski definition) is 3. The lowest BCUT2D eigenvalue weighted by Crippen LogP contribution is -2.51. The highest BCUT2D eigenvalue weighted by Gasteiger charge is 2.50. The van der Waals surface area contributed by atoms with E-state index in [2.05, 4.69) is 26.3 Å². The van der Waals surface area contributed by atoms with Crippen LogP contribution in [-0.4, -0.2) is 22.2 Å². The SMILES string of the molecule is O=C(NCC12CC3CC(CC(C3)C1)C2)c1ccn(COc2ccc(Br)cc2)n1. The highest BCUT2D eigenvalue weighted by Crippen LogP contribution is 2.59. The zero-order valence-electron chi connectivity index (χ0n) is 15.9. The van der Waals surface area contributed by atoms with Gasteiger partial charge in [0.15, 0.2) is 6.73 Å². The molecule has 6 heteroatoms. The standard InChI is InChI=1S/C22H26BrN3O2/c23-18-1-3-19(4-2-18)28-14-26-6-5-20(25-26)21(27)24-13-22-10-15-7-16(11-22)9-17(8-15)12-22/h1-6,15-17H,7-14H2,(H,24,27). The Balaban J connectivity index is 1.16. The molecular weight excluding hydrogens is 418 g/mol. The first-order valence-electron chi connectivity index (χ1n) is 10.3. The van der Waals surface area contributed by atoms with Crippen molar-refractivity contribution in [2.24, 2.45) is 23.2 Å². The van der Waals surface area contributed by atoms with Gasteiger partial charge < -0.3 is 10.1 Å². The molecule has 1 amide bonds. The first-order chi connectivity index (χ1) is 13.6. The number of carbonyl (C=O) groups is 1. The van der Waals surface area contributed by atoms with Gasteiger partial charge in [0, 0.05) is 17.2 Å². The number of ether oxygens (including phenoxy) is 1. The van der Waals surface area contributed by atoms with Crippen LogP contribution in [0.15, 0.2) is 41.0 Å². The van der Waals surface area contributed by atoms with Crippen LogP contribution in [0.3, 0.4) is 0 Å². The predicted octanol–water partition coefficient (Wildman–Crippen LogP) is 4.63. The minimum atomic E-state index is -0.0712. The summed E-state index contributed by atoms with van der Waals surface area (Å²) in [4.78, 5) is 12.6. The number of carbonyl (C=O) groups excluding carboxylic acids is 1. The Hall–Kier alpha value is -1.82. The summed E-state index contributed by atoms with van der Waals surface area (Å²) in [7, 11) is 0. The van der Waals surface area contributed by atoms with E-state index in [1.165, 1.54) is 38.5 Å². The third-order valence-corrected chi connectivity index (χ3v) is 7.37. The molecule has 1 N–H and O–H groups in total. The fourth-order valence-electron chi connectivity index (χ4n) is 6.09. The van der Waals surface area contributed by atoms with Crippen molar-refractivity contribution >= 4 is 21.8 Å². The number of aromatic nitrogens is 2. The summed E-state index contributed by atoms with van der Waals surface area (Å²) in [5, 5.41) is 7.57. The van der Waals surface area contributed by atoms with E-state index in [0.29, 0.717) is 11.1 Å². The average Bonchev–Trinajstić information content (AvgIpc) is 3.14. The minimum Gasteiger partial charge on any atom is -0.471 e. The van der Waals surface area contributed by atoms with Gasteiger partial charge in [0.2, 0.25) is 0 Å². The van der Waals surface area contributed by atoms with Gasteiger partial charge >= 0.3 is 0 Å². The number of halogens is 1. The van der Waals surface area contributed by atoms with E-state index in [1.807, 2.05) is 24.3 Å². The van der Waals surface area contributed by atoms with E-state index in [4.69, 9.17) is 4.74 Å². The van der Waals surface area contributed by atoms with E-state index in [-0.39, 0.29) is 12.6 Å². The summed E-state index contributed by atoms with van der Waals surface area (Å²) in [6, 6.07) is 9.42. The van der Waals surface area contributed by atoms with Gasteiger partial charge in [0.25, 0.3) is 5.91 Å². The molecule has 0 atom stereocenters. The Kier molecular flexibility index (Phi) is 4.69. The van der Waals surface area contributed by atoms with E-state index in [0.717, 1.165) is 34.5 Å². The van der Waals surface area contributed by atoms with E-state index >= 15 is 0 Å². The van der Waals surface area contributed by atoms with Gasteiger partial charge in [0.05, 0.1) is 0 Å². The van der Waals surface area contributed by atoms with Crippen molar-refractivity contribution in [3.05, 3.63) is 46.7 Å². The van der Waals surface area contributed by atoms with Crippen molar-refractivity contribution in [1.82, 2.24) is 15.1 Å². The molecule has 1 aromatic heterocycles. The fourth-order valence-corrected chi connectivity index (χ4v) is 6.36. The fraction of sp³-hybridized carbons (Fsp3) is 0.545. The van der Waals surface area contributed by atoms with Crippen molar-refractivity contribution in [2.75, 3.05) is 6.54 Å². The smallest absolute Gasteiger partial charge is 0.271 e. The van der Waals surface area contributed by atoms with Crippen molar-refractivity contribution < 1.29 is 9.53 Å². The number of benzene rings is 1. The minimum absolute atomic E-state index is 0.0712. The van der Waals surface area contributed by atoms with Gasteiger partial charge in [-0.25, -0.2) is 4.68 Å². The summed E-state index contributed by atoms with van der Waals surface area (Å²) >= 11 is 3.41. The first kappa shape index (κ1) is 18.2. The molecule has 0 aliphatic heterocycles. The largest absolute Gasteiger partial charge is 0.471 e. The number of hydrogen-bond donors (Lipinski definition) is 1. The summed E-state index contributed by atoms with van der Waals surface area (Å²) in [5.41, 5.74) is 0.807. The molecule has 0 spiro atoms. The van der Waals surface area contributed by atoms with Crippen LogP contribution in [0.25, 0.3) is 0 Å². The Morgan fingerprint density at radius 3 is 2.39 bits per heavy atom. The summed E-state index contributed by atoms with van der Waals surface area (Å²) in [5.74, 6) is 3.40. The molecule has 28 heavy (non-hydrogen) atoms. The summed E-state index contributed by atoms with van der Waals surface area (Å²) in [6.45, 7) is 1.08. The Morgan fingerprint density at radius 1 is 1.11 bits per heavy atom. The molecule has 0 radical (unpaired) electrons. The van der Waals surface area contributed by atoms with Crippen LogP contribution in [-0.2, 0) is 6.73 Å². The van der Waals surface area contributed by atoms with Crippen molar-refractivity contribution in [3.63, 3.8) is 0 Å². The maximum atomic E-state index is 12.6. The molecule has 4 saturated carbocycles. The maximum absolute atomic E-state index is 12.6. The second kappa shape index (κ2) is 7.21. The number of nitrogens with one attached hydrogen (secondary N) is 1. The normalized spacial score (nSPS) is 30.4. The van der Waals surface area contributed by atoms with Crippen LogP contribution >= 0.6 is 15.9 Å². The maximum Gasteiger partial charge on any atom is 0.271 e. The molecule has 4 aliphatic rings. The highest BCUT2D eigenvalue weighted by molar-refractivity contribution is 9.10. The lowest BCUT2D eigenvalue weighted by molar-refractivity contribution is -0.0503. The van der Waals surface area contributed by atoms with Gasteiger partial charge in [-0.05, 0) is 92.0 Å². The van der Waals surface area contributed by atoms with E-state index in [1.54, 1.807) is 16.9 Å². The van der Waals surface area contributed by atoms with Gasteiger partial charge in [-0.2, -0.15) is 5.10 Å². The zero-order chi connectivity index (χ0) is 19.1. The molecule has 1 aromatic carbocycles. The molecule has 2 aromatic rings. The molecular formula is C22H26BrN3O2. The van der Waals surface area contributed by atoms with Crippen molar-refractivity contribution in [3.8, 4) is 5.75 Å². The predicted molar refractivity (Wildman–Crippen MR) is 110 cm³/mol. The number of amides is 1. The van der Waals surface area contributed by atoms with Crippen molar-refractivity contribution in [1.29, 1.82) is 0 Å². The van der Waals surface area contributed by atoms with Crippen LogP contribution in [0.1, 0.15) is 49.0 Å². The molecule has 6 rings (SSSR count). The molecule has 4 bridgehead atoms. The molecule has 0 unspecified atom stereocenters. The first-order valence-corrected chi connectivity index (χ1v) is 11.1. The summed E-state index contributed by atoms with van der Waals surface area (Å²) in [6.07, 6.45) is 9.97. The molecule has 4 aliphatic carbocycles. The second-order valence-electron chi connectivity index (χ2n) is 9.07. The van der Waals surface area contributed by atoms with E-state index < -0.39 is 0 Å². The van der Waals surface area contributed by atoms with Crippen LogP contribution in [0.5, 0.6) is 5.75 Å². The van der Waals surface area contributed by atoms with Crippen LogP contribution in [0, 0.1) is 23.2 Å². The Bertz CT molecular complexity index is 826. The highest BCUT2D eigenvalue weighted by atomic mass is 79.9. The molecule has 0 saturated heterocycles. The van der Waals surface area contributed by atoms with Crippen molar-refractivity contribution in [2.45, 2.75) is 45.3 Å². The average molecular weight is 444 g/mol. The van der Waals surface area contributed by atoms with Crippen LogP contribution in [0.4, 0.5) is 0 Å². The monoisotopic (exact) mass is 443 g/mol. The lowest BCUT2D eigenvalue weighted by Gasteiger charge is -2.56. The second-order valence-corrected chi connectivity index (χ2v) is 9.98. The van der Waals surface area contributed by atoms with Crippen LogP contribution in [0.2, 0.25) is 0 Å². The number of nitrogens with zero attached hydrogens (tertiary/aromatic N) is 2. The Labute approximate surface area is 174 Å². The van der Waals surface area contributed by atoms with Gasteiger partial charge in [-0.1, -0.05) is 15.9 Å². The lowest BCUT2D eigenvalue weighted by atomic mass is 9.49. The van der Waals surface area contributed by atoms with Gasteiger partial charge in [-0.15, -0.1) is 0 Å². The topological polar surface area (TPSA) is 56.2 Å². The zero-order valence-corrected chi connectivity index (χ0v) is 17.5.